The molecule has 1 aromatic carbocycles. The number of pyridine rings is 1. The summed E-state index contributed by atoms with van der Waals surface area (Å²) in [6.07, 6.45) is 5.36. The van der Waals surface area contributed by atoms with Crippen molar-refractivity contribution in [3.8, 4) is 0 Å². The lowest BCUT2D eigenvalue weighted by Gasteiger charge is -2.13. The third-order valence-corrected chi connectivity index (χ3v) is 5.24. The summed E-state index contributed by atoms with van der Waals surface area (Å²) in [5.41, 5.74) is 0.284. The highest BCUT2D eigenvalue weighted by atomic mass is 19.1. The zero-order valence-corrected chi connectivity index (χ0v) is 16.4. The van der Waals surface area contributed by atoms with Gasteiger partial charge in [0.05, 0.1) is 11.1 Å². The van der Waals surface area contributed by atoms with Crippen molar-refractivity contribution in [3.63, 3.8) is 0 Å². The van der Waals surface area contributed by atoms with E-state index in [1.807, 2.05) is 6.20 Å². The maximum absolute atomic E-state index is 14.2. The first-order valence-electron chi connectivity index (χ1n) is 9.90. The van der Waals surface area contributed by atoms with Crippen LogP contribution in [-0.4, -0.2) is 45.2 Å². The summed E-state index contributed by atoms with van der Waals surface area (Å²) >= 11 is 0. The molecule has 1 aliphatic rings. The Hall–Kier alpha value is -3.00. The van der Waals surface area contributed by atoms with Gasteiger partial charge in [0.15, 0.2) is 5.82 Å². The SMILES string of the molecule is Cc1cc(F)c2[nH]c(=O)cc(C(=O)Nc3ccn(CCCN4CCCC4)n3)c2c1. The van der Waals surface area contributed by atoms with E-state index in [2.05, 4.69) is 20.3 Å². The Morgan fingerprint density at radius 2 is 2.03 bits per heavy atom. The minimum atomic E-state index is -0.561. The molecule has 2 aromatic heterocycles. The maximum Gasteiger partial charge on any atom is 0.257 e. The number of nitrogens with one attached hydrogen (secondary N) is 2. The van der Waals surface area contributed by atoms with Gasteiger partial charge in [-0.2, -0.15) is 5.10 Å². The van der Waals surface area contributed by atoms with E-state index in [0.29, 0.717) is 16.8 Å². The lowest BCUT2D eigenvalue weighted by Crippen LogP contribution is -2.21. The summed E-state index contributed by atoms with van der Waals surface area (Å²) < 4.78 is 16.0. The molecule has 0 unspecified atom stereocenters. The van der Waals surface area contributed by atoms with Crippen LogP contribution in [0.15, 0.2) is 35.3 Å². The van der Waals surface area contributed by atoms with Crippen molar-refractivity contribution < 1.29 is 9.18 Å². The minimum Gasteiger partial charge on any atom is -0.319 e. The molecule has 3 aromatic rings. The fraction of sp³-hybridized carbons (Fsp3) is 0.381. The van der Waals surface area contributed by atoms with E-state index >= 15 is 0 Å². The number of benzene rings is 1. The summed E-state index contributed by atoms with van der Waals surface area (Å²) in [4.78, 5) is 29.6. The number of aromatic nitrogens is 3. The average Bonchev–Trinajstić information content (AvgIpc) is 3.34. The third kappa shape index (κ3) is 4.37. The largest absolute Gasteiger partial charge is 0.319 e. The Kier molecular flexibility index (Phi) is 5.44. The minimum absolute atomic E-state index is 0.0284. The molecular formula is C21H24FN5O2. The molecule has 0 atom stereocenters. The number of halogens is 1. The number of carbonyl (C=O) groups is 1. The van der Waals surface area contributed by atoms with Crippen molar-refractivity contribution >= 4 is 22.6 Å². The van der Waals surface area contributed by atoms with Gasteiger partial charge in [0.25, 0.3) is 5.91 Å². The summed E-state index contributed by atoms with van der Waals surface area (Å²) in [6.45, 7) is 5.89. The van der Waals surface area contributed by atoms with Gasteiger partial charge in [-0.1, -0.05) is 0 Å². The Morgan fingerprint density at radius 1 is 1.24 bits per heavy atom. The number of hydrogen-bond donors (Lipinski definition) is 2. The first-order chi connectivity index (χ1) is 14.0. The number of rotatable bonds is 6. The van der Waals surface area contributed by atoms with Crippen LogP contribution in [0.25, 0.3) is 10.9 Å². The van der Waals surface area contributed by atoms with E-state index in [9.17, 15) is 14.0 Å². The van der Waals surface area contributed by atoms with Crippen LogP contribution in [0.1, 0.15) is 35.2 Å². The molecule has 0 saturated carbocycles. The number of likely N-dealkylation sites (tertiary alicyclic amines) is 1. The Balaban J connectivity index is 1.47. The molecule has 7 nitrogen and oxygen atoms in total. The summed E-state index contributed by atoms with van der Waals surface area (Å²) in [5, 5.41) is 7.46. The van der Waals surface area contributed by atoms with Crippen molar-refractivity contribution in [2.75, 3.05) is 25.0 Å². The van der Waals surface area contributed by atoms with Gasteiger partial charge in [-0.15, -0.1) is 0 Å². The zero-order valence-electron chi connectivity index (χ0n) is 16.4. The molecule has 29 heavy (non-hydrogen) atoms. The number of anilines is 1. The molecule has 0 aliphatic carbocycles. The van der Waals surface area contributed by atoms with Crippen molar-refractivity contribution in [1.82, 2.24) is 19.7 Å². The maximum atomic E-state index is 14.2. The van der Waals surface area contributed by atoms with E-state index < -0.39 is 17.3 Å². The summed E-state index contributed by atoms with van der Waals surface area (Å²) in [6, 6.07) is 5.91. The normalized spacial score (nSPS) is 14.6. The van der Waals surface area contributed by atoms with Gasteiger partial charge in [-0.3, -0.25) is 14.3 Å². The lowest BCUT2D eigenvalue weighted by molar-refractivity contribution is 0.102. The number of nitrogens with zero attached hydrogens (tertiary/aromatic N) is 3. The predicted molar refractivity (Wildman–Crippen MR) is 110 cm³/mol. The van der Waals surface area contributed by atoms with Gasteiger partial charge in [0.1, 0.15) is 5.82 Å². The quantitative estimate of drug-likeness (QED) is 0.670. The summed E-state index contributed by atoms with van der Waals surface area (Å²) in [7, 11) is 0. The van der Waals surface area contributed by atoms with Crippen LogP contribution in [0.3, 0.4) is 0 Å². The fourth-order valence-electron chi connectivity index (χ4n) is 3.84. The molecule has 152 valence electrons. The first-order valence-corrected chi connectivity index (χ1v) is 9.90. The molecule has 0 bridgehead atoms. The molecule has 0 radical (unpaired) electrons. The van der Waals surface area contributed by atoms with E-state index in [0.717, 1.165) is 19.5 Å². The smallest absolute Gasteiger partial charge is 0.257 e. The van der Waals surface area contributed by atoms with Gasteiger partial charge < -0.3 is 15.2 Å². The van der Waals surface area contributed by atoms with Crippen LogP contribution in [0.4, 0.5) is 10.2 Å². The van der Waals surface area contributed by atoms with E-state index in [1.165, 1.54) is 38.1 Å². The number of hydrogen-bond acceptors (Lipinski definition) is 4. The zero-order chi connectivity index (χ0) is 20.4. The monoisotopic (exact) mass is 397 g/mol. The second kappa shape index (κ2) is 8.16. The van der Waals surface area contributed by atoms with Gasteiger partial charge >= 0.3 is 0 Å². The predicted octanol–water partition coefficient (Wildman–Crippen LogP) is 2.91. The van der Waals surface area contributed by atoms with Crippen LogP contribution in [0.2, 0.25) is 0 Å². The second-order valence-corrected chi connectivity index (χ2v) is 7.54. The van der Waals surface area contributed by atoms with Gasteiger partial charge in [0.2, 0.25) is 5.56 Å². The van der Waals surface area contributed by atoms with E-state index in [-0.39, 0.29) is 11.1 Å². The number of aryl methyl sites for hydroxylation is 2. The molecule has 4 rings (SSSR count). The van der Waals surface area contributed by atoms with Crippen LogP contribution >= 0.6 is 0 Å². The average molecular weight is 397 g/mol. The van der Waals surface area contributed by atoms with Crippen molar-refractivity contribution in [2.24, 2.45) is 0 Å². The number of H-pyrrole nitrogens is 1. The number of carbonyl (C=O) groups excluding carboxylic acids is 1. The Bertz CT molecular complexity index is 1100. The van der Waals surface area contributed by atoms with E-state index in [1.54, 1.807) is 23.7 Å². The topological polar surface area (TPSA) is 83.0 Å². The molecule has 3 heterocycles. The highest BCUT2D eigenvalue weighted by molar-refractivity contribution is 6.12. The molecule has 1 aliphatic heterocycles. The molecular weight excluding hydrogens is 373 g/mol. The Morgan fingerprint density at radius 3 is 2.83 bits per heavy atom. The third-order valence-electron chi connectivity index (χ3n) is 5.24. The fourth-order valence-corrected chi connectivity index (χ4v) is 3.84. The number of fused-ring (bicyclic) bond motifs is 1. The van der Waals surface area contributed by atoms with Gasteiger partial charge in [-0.05, 0) is 63.5 Å². The summed E-state index contributed by atoms with van der Waals surface area (Å²) in [5.74, 6) is -0.653. The Labute approximate surface area is 167 Å². The standard InChI is InChI=1S/C21H24FN5O2/c1-14-11-15-16(13-19(28)24-20(15)17(22)12-14)21(29)23-18-5-10-27(25-18)9-4-8-26-6-2-3-7-26/h5,10-13H,2-4,6-9H2,1H3,(H,24,28)(H,23,25,29). The molecule has 1 amide bonds. The lowest BCUT2D eigenvalue weighted by atomic mass is 10.1. The van der Waals surface area contributed by atoms with Crippen LogP contribution in [0.5, 0.6) is 0 Å². The molecule has 0 spiro atoms. The van der Waals surface area contributed by atoms with Gasteiger partial charge in [-0.25, -0.2) is 4.39 Å². The van der Waals surface area contributed by atoms with Crippen molar-refractivity contribution in [1.29, 1.82) is 0 Å². The second-order valence-electron chi connectivity index (χ2n) is 7.54. The van der Waals surface area contributed by atoms with Crippen molar-refractivity contribution in [3.05, 3.63) is 57.8 Å². The van der Waals surface area contributed by atoms with Gasteiger partial charge in [0, 0.05) is 30.3 Å². The van der Waals surface area contributed by atoms with Crippen LogP contribution in [-0.2, 0) is 6.54 Å². The highest BCUT2D eigenvalue weighted by Crippen LogP contribution is 2.21. The van der Waals surface area contributed by atoms with Crippen LogP contribution in [0, 0.1) is 12.7 Å². The molecule has 1 saturated heterocycles. The molecule has 2 N–H and O–H groups in total. The van der Waals surface area contributed by atoms with Crippen molar-refractivity contribution in [2.45, 2.75) is 32.7 Å². The van der Waals surface area contributed by atoms with Crippen LogP contribution < -0.4 is 10.9 Å². The number of amides is 1. The molecule has 8 heteroatoms. The van der Waals surface area contributed by atoms with E-state index in [4.69, 9.17) is 0 Å². The highest BCUT2D eigenvalue weighted by Gasteiger charge is 2.16. The number of aromatic amines is 1. The molecule has 1 fully saturated rings. The first kappa shape index (κ1) is 19.3.